The van der Waals surface area contributed by atoms with Crippen LogP contribution in [0.3, 0.4) is 0 Å². The maximum Gasteiger partial charge on any atom is 0.236 e. The van der Waals surface area contributed by atoms with E-state index in [4.69, 9.17) is 0 Å². The molecule has 0 atom stereocenters. The van der Waals surface area contributed by atoms with Crippen LogP contribution < -0.4 is 0 Å². The second-order valence-electron chi connectivity index (χ2n) is 7.20. The molecule has 3 rings (SSSR count). The molecule has 24 heavy (non-hydrogen) atoms. The highest BCUT2D eigenvalue weighted by atomic mass is 16.2. The van der Waals surface area contributed by atoms with Crippen LogP contribution in [0.4, 0.5) is 0 Å². The van der Waals surface area contributed by atoms with Gasteiger partial charge in [0.15, 0.2) is 0 Å². The highest BCUT2D eigenvalue weighted by molar-refractivity contribution is 5.78. The topological polar surface area (TPSA) is 39.7 Å². The van der Waals surface area contributed by atoms with Crippen molar-refractivity contribution in [2.24, 2.45) is 0 Å². The first-order valence-electron chi connectivity index (χ1n) is 9.31. The summed E-state index contributed by atoms with van der Waals surface area (Å²) in [5, 5.41) is 0. The molecule has 2 heterocycles. The third kappa shape index (κ3) is 4.77. The van der Waals surface area contributed by atoms with Crippen LogP contribution in [0.1, 0.15) is 37.7 Å². The fourth-order valence-corrected chi connectivity index (χ4v) is 3.83. The maximum absolute atomic E-state index is 12.5. The fourth-order valence-electron chi connectivity index (χ4n) is 3.83. The van der Waals surface area contributed by atoms with Gasteiger partial charge in [-0.25, -0.2) is 0 Å². The second kappa shape index (κ2) is 8.58. The molecule has 1 saturated carbocycles. The molecular weight excluding hydrogens is 300 g/mol. The molecule has 132 valence electrons. The summed E-state index contributed by atoms with van der Waals surface area (Å²) < 4.78 is 0. The summed E-state index contributed by atoms with van der Waals surface area (Å²) in [6.45, 7) is 5.58. The molecule has 1 aromatic rings. The van der Waals surface area contributed by atoms with Gasteiger partial charge in [0, 0.05) is 58.2 Å². The number of hydrogen-bond donors (Lipinski definition) is 0. The lowest BCUT2D eigenvalue weighted by molar-refractivity contribution is -0.134. The van der Waals surface area contributed by atoms with Crippen LogP contribution in [-0.2, 0) is 11.3 Å². The van der Waals surface area contributed by atoms with E-state index in [0.29, 0.717) is 18.5 Å². The van der Waals surface area contributed by atoms with Gasteiger partial charge >= 0.3 is 0 Å². The Morgan fingerprint density at radius 2 is 1.71 bits per heavy atom. The molecule has 5 nitrogen and oxygen atoms in total. The Morgan fingerprint density at radius 1 is 1.08 bits per heavy atom. The summed E-state index contributed by atoms with van der Waals surface area (Å²) in [6, 6.07) is 4.63. The smallest absolute Gasteiger partial charge is 0.236 e. The molecule has 1 aliphatic heterocycles. The summed E-state index contributed by atoms with van der Waals surface area (Å²) in [6.07, 6.45) is 9.95. The van der Waals surface area contributed by atoms with Crippen molar-refractivity contribution in [3.63, 3.8) is 0 Å². The Labute approximate surface area is 145 Å². The van der Waals surface area contributed by atoms with E-state index >= 15 is 0 Å². The first-order chi connectivity index (χ1) is 11.7. The molecule has 5 heteroatoms. The standard InChI is InChI=1S/C19H30N4O/c1-21(18-5-3-2-4-6-18)19(24)16-23-13-11-22(12-14-23)15-17-7-9-20-10-8-17/h7-10,18H,2-6,11-16H2,1H3. The zero-order chi connectivity index (χ0) is 16.8. The van der Waals surface area contributed by atoms with E-state index in [2.05, 4.69) is 26.9 Å². The van der Waals surface area contributed by atoms with Gasteiger partial charge in [-0.1, -0.05) is 19.3 Å². The summed E-state index contributed by atoms with van der Waals surface area (Å²) >= 11 is 0. The summed E-state index contributed by atoms with van der Waals surface area (Å²) in [4.78, 5) is 23.4. The van der Waals surface area contributed by atoms with Crippen molar-refractivity contribution in [2.75, 3.05) is 39.8 Å². The minimum atomic E-state index is 0.296. The lowest BCUT2D eigenvalue weighted by atomic mass is 9.94. The van der Waals surface area contributed by atoms with E-state index in [1.807, 2.05) is 24.3 Å². The van der Waals surface area contributed by atoms with Crippen molar-refractivity contribution in [3.8, 4) is 0 Å². The van der Waals surface area contributed by atoms with Gasteiger partial charge < -0.3 is 4.90 Å². The van der Waals surface area contributed by atoms with Crippen LogP contribution in [0.5, 0.6) is 0 Å². The van der Waals surface area contributed by atoms with Crippen molar-refractivity contribution in [1.82, 2.24) is 19.7 Å². The molecule has 1 aliphatic carbocycles. The molecule has 0 N–H and O–H groups in total. The molecule has 0 unspecified atom stereocenters. The highest BCUT2D eigenvalue weighted by Gasteiger charge is 2.25. The van der Waals surface area contributed by atoms with Crippen molar-refractivity contribution in [3.05, 3.63) is 30.1 Å². The SMILES string of the molecule is CN(C(=O)CN1CCN(Cc2ccncc2)CC1)C1CCCCC1. The third-order valence-corrected chi connectivity index (χ3v) is 5.50. The zero-order valence-corrected chi connectivity index (χ0v) is 14.9. The molecule has 1 aromatic heterocycles. The Kier molecular flexibility index (Phi) is 6.21. The third-order valence-electron chi connectivity index (χ3n) is 5.50. The van der Waals surface area contributed by atoms with Crippen LogP contribution in [0, 0.1) is 0 Å². The normalized spacial score (nSPS) is 20.9. The first-order valence-corrected chi connectivity index (χ1v) is 9.31. The van der Waals surface area contributed by atoms with E-state index in [1.165, 1.54) is 37.7 Å². The van der Waals surface area contributed by atoms with E-state index in [1.54, 1.807) is 0 Å². The Bertz CT molecular complexity index is 507. The second-order valence-corrected chi connectivity index (χ2v) is 7.20. The fraction of sp³-hybridized carbons (Fsp3) is 0.684. The van der Waals surface area contributed by atoms with E-state index in [9.17, 15) is 4.79 Å². The number of aromatic nitrogens is 1. The highest BCUT2D eigenvalue weighted by Crippen LogP contribution is 2.21. The quantitative estimate of drug-likeness (QED) is 0.828. The number of hydrogen-bond acceptors (Lipinski definition) is 4. The average molecular weight is 330 g/mol. The van der Waals surface area contributed by atoms with Gasteiger partial charge in [0.2, 0.25) is 5.91 Å². The number of nitrogens with zero attached hydrogens (tertiary/aromatic N) is 4. The molecule has 2 aliphatic rings. The minimum Gasteiger partial charge on any atom is -0.342 e. The van der Waals surface area contributed by atoms with Crippen molar-refractivity contribution in [1.29, 1.82) is 0 Å². The van der Waals surface area contributed by atoms with Crippen molar-refractivity contribution >= 4 is 5.91 Å². The minimum absolute atomic E-state index is 0.296. The van der Waals surface area contributed by atoms with Gasteiger partial charge in [0.05, 0.1) is 6.54 Å². The number of amides is 1. The number of piperazine rings is 1. The predicted octanol–water partition coefficient (Wildman–Crippen LogP) is 1.99. The molecule has 0 radical (unpaired) electrons. The Hall–Kier alpha value is -1.46. The van der Waals surface area contributed by atoms with Gasteiger partial charge in [-0.15, -0.1) is 0 Å². The lowest BCUT2D eigenvalue weighted by Gasteiger charge is -2.36. The van der Waals surface area contributed by atoms with Crippen LogP contribution >= 0.6 is 0 Å². The number of carbonyl (C=O) groups excluding carboxylic acids is 1. The Balaban J connectivity index is 1.40. The molecular formula is C19H30N4O. The average Bonchev–Trinajstić information content (AvgIpc) is 2.64. The van der Waals surface area contributed by atoms with Crippen LogP contribution in [0.2, 0.25) is 0 Å². The van der Waals surface area contributed by atoms with Gasteiger partial charge in [-0.3, -0.25) is 19.6 Å². The largest absolute Gasteiger partial charge is 0.342 e. The monoisotopic (exact) mass is 330 g/mol. The van der Waals surface area contributed by atoms with E-state index in [-0.39, 0.29) is 0 Å². The molecule has 0 bridgehead atoms. The molecule has 0 aromatic carbocycles. The number of rotatable bonds is 5. The molecule has 2 fully saturated rings. The predicted molar refractivity (Wildman–Crippen MR) is 95.6 cm³/mol. The molecule has 0 spiro atoms. The summed E-state index contributed by atoms with van der Waals surface area (Å²) in [5.74, 6) is 0.296. The van der Waals surface area contributed by atoms with Crippen molar-refractivity contribution in [2.45, 2.75) is 44.7 Å². The van der Waals surface area contributed by atoms with E-state index in [0.717, 1.165) is 32.7 Å². The van der Waals surface area contributed by atoms with Gasteiger partial charge in [-0.05, 0) is 30.5 Å². The zero-order valence-electron chi connectivity index (χ0n) is 14.9. The maximum atomic E-state index is 12.5. The van der Waals surface area contributed by atoms with Gasteiger partial charge in [-0.2, -0.15) is 0 Å². The lowest BCUT2D eigenvalue weighted by Crippen LogP contribution is -2.50. The van der Waals surface area contributed by atoms with Crippen LogP contribution in [0.25, 0.3) is 0 Å². The van der Waals surface area contributed by atoms with Crippen LogP contribution in [-0.4, -0.2) is 71.4 Å². The van der Waals surface area contributed by atoms with Crippen LogP contribution in [0.15, 0.2) is 24.5 Å². The first kappa shape index (κ1) is 17.4. The number of likely N-dealkylation sites (N-methyl/N-ethyl adjacent to an activating group) is 1. The number of carbonyl (C=O) groups is 1. The molecule has 1 saturated heterocycles. The summed E-state index contributed by atoms with van der Waals surface area (Å²) in [7, 11) is 2.00. The number of pyridine rings is 1. The summed E-state index contributed by atoms with van der Waals surface area (Å²) in [5.41, 5.74) is 1.31. The van der Waals surface area contributed by atoms with Gasteiger partial charge in [0.25, 0.3) is 0 Å². The molecule has 1 amide bonds. The van der Waals surface area contributed by atoms with Crippen molar-refractivity contribution < 1.29 is 4.79 Å². The van der Waals surface area contributed by atoms with Gasteiger partial charge in [0.1, 0.15) is 0 Å². The van der Waals surface area contributed by atoms with E-state index < -0.39 is 0 Å². The Morgan fingerprint density at radius 3 is 2.38 bits per heavy atom.